The third-order valence-electron chi connectivity index (χ3n) is 9.22. The fraction of sp³-hybridized carbons (Fsp3) is 0.581. The van der Waals surface area contributed by atoms with E-state index < -0.39 is 6.17 Å². The van der Waals surface area contributed by atoms with Crippen LogP contribution in [0.5, 0.6) is 6.01 Å². The second-order valence-corrected chi connectivity index (χ2v) is 11.9. The Labute approximate surface area is 246 Å². The van der Waals surface area contributed by atoms with Crippen LogP contribution in [0, 0.1) is 11.3 Å². The first kappa shape index (κ1) is 28.3. The van der Waals surface area contributed by atoms with E-state index in [0.717, 1.165) is 42.9 Å². The number of likely N-dealkylation sites (N-methyl/N-ethyl adjacent to an activating group) is 1. The number of halogens is 1. The van der Waals surface area contributed by atoms with Gasteiger partial charge in [0.25, 0.3) is 0 Å². The van der Waals surface area contributed by atoms with Gasteiger partial charge in [-0.15, -0.1) is 0 Å². The van der Waals surface area contributed by atoms with E-state index in [0.29, 0.717) is 45.8 Å². The molecule has 4 aliphatic rings. The van der Waals surface area contributed by atoms with Crippen LogP contribution >= 0.6 is 0 Å². The summed E-state index contributed by atoms with van der Waals surface area (Å²) >= 11 is 0. The monoisotopic (exact) mass is 574 g/mol. The molecule has 0 bridgehead atoms. The Balaban J connectivity index is 1.31. The maximum Gasteiger partial charge on any atom is 0.318 e. The predicted octanol–water partition coefficient (Wildman–Crippen LogP) is 2.85. The highest BCUT2D eigenvalue weighted by atomic mass is 19.1. The van der Waals surface area contributed by atoms with Gasteiger partial charge in [0.1, 0.15) is 18.6 Å². The number of hydrogen-bond acceptors (Lipinski definition) is 9. The molecule has 222 valence electrons. The zero-order chi connectivity index (χ0) is 29.2. The molecule has 2 fully saturated rings. The van der Waals surface area contributed by atoms with Crippen molar-refractivity contribution < 1.29 is 13.9 Å². The number of rotatable bonds is 7. The number of nitrogens with zero attached hydrogens (tertiary/aromatic N) is 8. The summed E-state index contributed by atoms with van der Waals surface area (Å²) < 4.78 is 20.2. The van der Waals surface area contributed by atoms with Gasteiger partial charge < -0.3 is 19.4 Å². The van der Waals surface area contributed by atoms with Gasteiger partial charge in [-0.1, -0.05) is 6.58 Å². The van der Waals surface area contributed by atoms with Crippen LogP contribution < -0.4 is 14.5 Å². The molecule has 2 saturated heterocycles. The Morgan fingerprint density at radius 1 is 1.12 bits per heavy atom. The Morgan fingerprint density at radius 2 is 1.98 bits per heavy atom. The average molecular weight is 575 g/mol. The molecular formula is C31H39FN8O2. The number of ether oxygens (including phenoxy) is 1. The lowest BCUT2D eigenvalue weighted by molar-refractivity contribution is -0.128. The molecule has 0 saturated carbocycles. The molecule has 6 rings (SSSR count). The van der Waals surface area contributed by atoms with Gasteiger partial charge in [-0.3, -0.25) is 14.7 Å². The van der Waals surface area contributed by atoms with Crippen LogP contribution in [0.4, 0.5) is 15.9 Å². The molecular weight excluding hydrogens is 535 g/mol. The number of fused-ring (bicyclic) bond motifs is 2. The van der Waals surface area contributed by atoms with Gasteiger partial charge in [0, 0.05) is 50.5 Å². The molecule has 0 unspecified atom stereocenters. The SMILES string of the molecule is C=CC(=O)N1CCN(c2nc(OC[C@@H]3C[C@@H](F)CN3C)nc3c2CCN(c2cncc4c2CCCC4)C3)C[C@@H]1CC#N. The van der Waals surface area contributed by atoms with E-state index in [1.807, 2.05) is 24.3 Å². The van der Waals surface area contributed by atoms with Crippen molar-refractivity contribution >= 4 is 17.4 Å². The maximum absolute atomic E-state index is 14.0. The van der Waals surface area contributed by atoms with Crippen LogP contribution in [-0.2, 0) is 30.6 Å². The number of carbonyl (C=O) groups excluding carboxylic acids is 1. The summed E-state index contributed by atoms with van der Waals surface area (Å²) in [6.45, 7) is 7.35. The molecule has 11 heteroatoms. The molecule has 1 amide bonds. The lowest BCUT2D eigenvalue weighted by atomic mass is 9.91. The first-order valence-electron chi connectivity index (χ1n) is 15.1. The number of aryl methyl sites for hydroxylation is 1. The van der Waals surface area contributed by atoms with Gasteiger partial charge in [-0.2, -0.15) is 15.2 Å². The normalized spacial score (nSPS) is 24.1. The summed E-state index contributed by atoms with van der Waals surface area (Å²) in [4.78, 5) is 35.2. The minimum absolute atomic E-state index is 0.0324. The summed E-state index contributed by atoms with van der Waals surface area (Å²) in [5.41, 5.74) is 5.93. The highest BCUT2D eigenvalue weighted by Gasteiger charge is 2.34. The molecule has 0 aromatic carbocycles. The average Bonchev–Trinajstić information content (AvgIpc) is 3.34. The minimum Gasteiger partial charge on any atom is -0.462 e. The fourth-order valence-corrected chi connectivity index (χ4v) is 6.94. The molecule has 0 spiro atoms. The van der Waals surface area contributed by atoms with Gasteiger partial charge in [0.2, 0.25) is 5.91 Å². The van der Waals surface area contributed by atoms with Crippen molar-refractivity contribution in [3.8, 4) is 12.1 Å². The van der Waals surface area contributed by atoms with Crippen molar-refractivity contribution in [1.82, 2.24) is 24.8 Å². The van der Waals surface area contributed by atoms with Crippen molar-refractivity contribution in [2.45, 2.75) is 69.7 Å². The van der Waals surface area contributed by atoms with Crippen molar-refractivity contribution in [1.29, 1.82) is 5.26 Å². The lowest BCUT2D eigenvalue weighted by Crippen LogP contribution is -2.55. The molecule has 1 aliphatic carbocycles. The molecule has 2 aromatic heterocycles. The number of anilines is 2. The third kappa shape index (κ3) is 5.64. The standard InChI is InChI=1S/C31H39FN8O2/c1-3-29(41)40-13-12-39(18-23(40)8-10-33)30-26-9-11-38(28-16-34-15-21-6-4-5-7-25(21)28)19-27(26)35-31(36-30)42-20-24-14-22(32)17-37(24)2/h3,15-16,22-24H,1,4-9,11-14,17-20H2,2H3/t22-,23+,24+/m1/s1. The van der Waals surface area contributed by atoms with Crippen LogP contribution in [0.1, 0.15) is 48.1 Å². The minimum atomic E-state index is -0.853. The predicted molar refractivity (Wildman–Crippen MR) is 157 cm³/mol. The quantitative estimate of drug-likeness (QED) is 0.462. The van der Waals surface area contributed by atoms with E-state index in [9.17, 15) is 14.4 Å². The van der Waals surface area contributed by atoms with Crippen molar-refractivity contribution in [2.24, 2.45) is 0 Å². The highest BCUT2D eigenvalue weighted by molar-refractivity contribution is 5.87. The molecule has 5 heterocycles. The number of aromatic nitrogens is 3. The number of carbonyl (C=O) groups is 1. The van der Waals surface area contributed by atoms with Crippen molar-refractivity contribution in [3.63, 3.8) is 0 Å². The molecule has 3 aliphatic heterocycles. The number of alkyl halides is 1. The van der Waals surface area contributed by atoms with E-state index in [2.05, 4.69) is 27.4 Å². The number of hydrogen-bond donors (Lipinski definition) is 0. The maximum atomic E-state index is 14.0. The Morgan fingerprint density at radius 3 is 2.76 bits per heavy atom. The molecule has 10 nitrogen and oxygen atoms in total. The second kappa shape index (κ2) is 12.2. The third-order valence-corrected chi connectivity index (χ3v) is 9.22. The number of nitriles is 1. The van der Waals surface area contributed by atoms with Crippen molar-refractivity contribution in [3.05, 3.63) is 47.4 Å². The van der Waals surface area contributed by atoms with E-state index in [4.69, 9.17) is 14.7 Å². The topological polar surface area (TPSA) is 102 Å². The number of likely N-dealkylation sites (tertiary alicyclic amines) is 1. The second-order valence-electron chi connectivity index (χ2n) is 11.9. The number of amides is 1. The summed E-state index contributed by atoms with van der Waals surface area (Å²) in [6, 6.07) is 2.23. The van der Waals surface area contributed by atoms with E-state index in [-0.39, 0.29) is 30.4 Å². The molecule has 42 heavy (non-hydrogen) atoms. The molecule has 0 radical (unpaired) electrons. The first-order chi connectivity index (χ1) is 20.4. The van der Waals surface area contributed by atoms with Gasteiger partial charge >= 0.3 is 6.01 Å². The van der Waals surface area contributed by atoms with Gasteiger partial charge in [0.05, 0.1) is 42.7 Å². The Bertz CT molecular complexity index is 1380. The zero-order valence-corrected chi connectivity index (χ0v) is 24.3. The van der Waals surface area contributed by atoms with E-state index in [1.54, 1.807) is 4.90 Å². The lowest BCUT2D eigenvalue weighted by Gasteiger charge is -2.42. The first-order valence-corrected chi connectivity index (χ1v) is 15.1. The smallest absolute Gasteiger partial charge is 0.318 e. The largest absolute Gasteiger partial charge is 0.462 e. The summed E-state index contributed by atoms with van der Waals surface area (Å²) in [7, 11) is 1.92. The van der Waals surface area contributed by atoms with Crippen LogP contribution in [0.3, 0.4) is 0 Å². The van der Waals surface area contributed by atoms with Gasteiger partial charge in [-0.25, -0.2) is 4.39 Å². The fourth-order valence-electron chi connectivity index (χ4n) is 6.94. The number of piperazine rings is 1. The summed E-state index contributed by atoms with van der Waals surface area (Å²) in [5.74, 6) is 0.644. The van der Waals surface area contributed by atoms with Crippen LogP contribution in [-0.4, -0.2) is 95.3 Å². The zero-order valence-electron chi connectivity index (χ0n) is 24.3. The Kier molecular flexibility index (Phi) is 8.24. The molecule has 2 aromatic rings. The highest BCUT2D eigenvalue weighted by Crippen LogP contribution is 2.35. The Hall–Kier alpha value is -3.78. The van der Waals surface area contributed by atoms with Crippen LogP contribution in [0.2, 0.25) is 0 Å². The molecule has 0 N–H and O–H groups in total. The van der Waals surface area contributed by atoms with Crippen LogP contribution in [0.25, 0.3) is 0 Å². The van der Waals surface area contributed by atoms with Crippen LogP contribution in [0.15, 0.2) is 25.0 Å². The summed E-state index contributed by atoms with van der Waals surface area (Å²) in [6.07, 6.45) is 10.4. The summed E-state index contributed by atoms with van der Waals surface area (Å²) in [5, 5.41) is 9.50. The van der Waals surface area contributed by atoms with E-state index >= 15 is 0 Å². The van der Waals surface area contributed by atoms with Crippen molar-refractivity contribution in [2.75, 3.05) is 56.2 Å². The van der Waals surface area contributed by atoms with E-state index in [1.165, 1.54) is 35.7 Å². The molecule has 3 atom stereocenters. The number of pyridine rings is 1. The van der Waals surface area contributed by atoms with Gasteiger partial charge in [0.15, 0.2) is 0 Å². The van der Waals surface area contributed by atoms with Gasteiger partial charge in [-0.05, 0) is 62.8 Å².